The standard InChI is InChI=1S/C9H15NO3/c1-3-13-8(11)5-7-4-6(2)9(12)10-7/h6-7H,3-5H2,1-2H3,(H,10,12). The third-order valence-electron chi connectivity index (χ3n) is 2.15. The Kier molecular flexibility index (Phi) is 3.28. The van der Waals surface area contributed by atoms with Crippen molar-refractivity contribution in [1.82, 2.24) is 5.32 Å². The highest BCUT2D eigenvalue weighted by Crippen LogP contribution is 2.16. The van der Waals surface area contributed by atoms with Crippen molar-refractivity contribution in [2.45, 2.75) is 32.7 Å². The van der Waals surface area contributed by atoms with Crippen molar-refractivity contribution >= 4 is 11.9 Å². The molecule has 0 radical (unpaired) electrons. The Morgan fingerprint density at radius 3 is 2.85 bits per heavy atom. The molecular formula is C9H15NO3. The zero-order valence-electron chi connectivity index (χ0n) is 8.00. The molecule has 1 saturated heterocycles. The molecule has 4 heteroatoms. The second-order valence-electron chi connectivity index (χ2n) is 3.35. The predicted octanol–water partition coefficient (Wildman–Crippen LogP) is 0.464. The Bertz CT molecular complexity index is 215. The molecule has 1 aliphatic rings. The molecule has 1 amide bonds. The van der Waals surface area contributed by atoms with Crippen molar-refractivity contribution in [3.8, 4) is 0 Å². The summed E-state index contributed by atoms with van der Waals surface area (Å²) in [4.78, 5) is 22.1. The molecule has 2 atom stereocenters. The number of rotatable bonds is 3. The molecule has 74 valence electrons. The van der Waals surface area contributed by atoms with Gasteiger partial charge in [0.05, 0.1) is 13.0 Å². The average Bonchev–Trinajstić information content (AvgIpc) is 2.31. The van der Waals surface area contributed by atoms with E-state index >= 15 is 0 Å². The van der Waals surface area contributed by atoms with Crippen molar-refractivity contribution < 1.29 is 14.3 Å². The molecule has 2 unspecified atom stereocenters. The first kappa shape index (κ1) is 10.0. The maximum absolute atomic E-state index is 11.1. The van der Waals surface area contributed by atoms with Crippen molar-refractivity contribution in [2.24, 2.45) is 5.92 Å². The lowest BCUT2D eigenvalue weighted by Crippen LogP contribution is -2.28. The van der Waals surface area contributed by atoms with E-state index in [1.165, 1.54) is 0 Å². The molecule has 0 spiro atoms. The zero-order valence-corrected chi connectivity index (χ0v) is 8.00. The third-order valence-corrected chi connectivity index (χ3v) is 2.15. The number of hydrogen-bond acceptors (Lipinski definition) is 3. The number of amides is 1. The molecule has 4 nitrogen and oxygen atoms in total. The molecule has 1 N–H and O–H groups in total. The highest BCUT2D eigenvalue weighted by molar-refractivity contribution is 5.82. The average molecular weight is 185 g/mol. The summed E-state index contributed by atoms with van der Waals surface area (Å²) in [7, 11) is 0. The van der Waals surface area contributed by atoms with Gasteiger partial charge in [-0.3, -0.25) is 9.59 Å². The Balaban J connectivity index is 2.31. The largest absolute Gasteiger partial charge is 0.466 e. The lowest BCUT2D eigenvalue weighted by Gasteiger charge is -2.07. The fraction of sp³-hybridized carbons (Fsp3) is 0.778. The van der Waals surface area contributed by atoms with Crippen LogP contribution < -0.4 is 5.32 Å². The first-order valence-corrected chi connectivity index (χ1v) is 4.59. The quantitative estimate of drug-likeness (QED) is 0.650. The molecule has 0 aromatic carbocycles. The van der Waals surface area contributed by atoms with Crippen LogP contribution in [0.3, 0.4) is 0 Å². The monoisotopic (exact) mass is 185 g/mol. The fourth-order valence-corrected chi connectivity index (χ4v) is 1.49. The van der Waals surface area contributed by atoms with Crippen LogP contribution in [-0.4, -0.2) is 24.5 Å². The van der Waals surface area contributed by atoms with Gasteiger partial charge in [0.25, 0.3) is 0 Å². The molecule has 0 saturated carbocycles. The van der Waals surface area contributed by atoms with E-state index in [1.54, 1.807) is 6.92 Å². The van der Waals surface area contributed by atoms with Crippen LogP contribution in [0.25, 0.3) is 0 Å². The SMILES string of the molecule is CCOC(=O)CC1CC(C)C(=O)N1. The van der Waals surface area contributed by atoms with Crippen molar-refractivity contribution in [3.05, 3.63) is 0 Å². The second-order valence-corrected chi connectivity index (χ2v) is 3.35. The molecule has 1 heterocycles. The molecule has 0 aromatic rings. The molecular weight excluding hydrogens is 170 g/mol. The molecule has 1 aliphatic heterocycles. The summed E-state index contributed by atoms with van der Waals surface area (Å²) in [6.45, 7) is 4.03. The van der Waals surface area contributed by atoms with Gasteiger partial charge in [-0.2, -0.15) is 0 Å². The maximum atomic E-state index is 11.1. The van der Waals surface area contributed by atoms with E-state index in [1.807, 2.05) is 6.92 Å². The van der Waals surface area contributed by atoms with E-state index in [4.69, 9.17) is 4.74 Å². The van der Waals surface area contributed by atoms with E-state index < -0.39 is 0 Å². The number of carbonyl (C=O) groups is 2. The van der Waals surface area contributed by atoms with Gasteiger partial charge in [0.1, 0.15) is 0 Å². The van der Waals surface area contributed by atoms with E-state index in [2.05, 4.69) is 5.32 Å². The lowest BCUT2D eigenvalue weighted by molar-refractivity contribution is -0.143. The van der Waals surface area contributed by atoms with Gasteiger partial charge < -0.3 is 10.1 Å². The Morgan fingerprint density at radius 1 is 1.69 bits per heavy atom. The molecule has 13 heavy (non-hydrogen) atoms. The molecule has 0 aromatic heterocycles. The smallest absolute Gasteiger partial charge is 0.307 e. The number of hydrogen-bond donors (Lipinski definition) is 1. The van der Waals surface area contributed by atoms with Gasteiger partial charge >= 0.3 is 5.97 Å². The van der Waals surface area contributed by atoms with Gasteiger partial charge in [-0.15, -0.1) is 0 Å². The van der Waals surface area contributed by atoms with Gasteiger partial charge in [0, 0.05) is 12.0 Å². The summed E-state index contributed by atoms with van der Waals surface area (Å²) in [6, 6.07) is -0.0263. The highest BCUT2D eigenvalue weighted by atomic mass is 16.5. The summed E-state index contributed by atoms with van der Waals surface area (Å²) in [5.41, 5.74) is 0. The van der Waals surface area contributed by atoms with Gasteiger partial charge in [-0.25, -0.2) is 0 Å². The van der Waals surface area contributed by atoms with E-state index in [0.717, 1.165) is 6.42 Å². The molecule has 1 rings (SSSR count). The first-order chi connectivity index (χ1) is 6.13. The van der Waals surface area contributed by atoms with Crippen LogP contribution in [0.2, 0.25) is 0 Å². The summed E-state index contributed by atoms with van der Waals surface area (Å²) in [5, 5.41) is 2.75. The van der Waals surface area contributed by atoms with E-state index in [-0.39, 0.29) is 23.8 Å². The van der Waals surface area contributed by atoms with Crippen LogP contribution in [0, 0.1) is 5.92 Å². The summed E-state index contributed by atoms with van der Waals surface area (Å²) >= 11 is 0. The second kappa shape index (κ2) is 4.25. The summed E-state index contributed by atoms with van der Waals surface area (Å²) in [5.74, 6) is -0.171. The number of esters is 1. The van der Waals surface area contributed by atoms with Gasteiger partial charge in [-0.05, 0) is 13.3 Å². The van der Waals surface area contributed by atoms with E-state index in [9.17, 15) is 9.59 Å². The van der Waals surface area contributed by atoms with Crippen LogP contribution in [-0.2, 0) is 14.3 Å². The number of nitrogens with one attached hydrogen (secondary N) is 1. The van der Waals surface area contributed by atoms with Crippen molar-refractivity contribution in [2.75, 3.05) is 6.61 Å². The maximum Gasteiger partial charge on any atom is 0.307 e. The number of ether oxygens (including phenoxy) is 1. The van der Waals surface area contributed by atoms with Gasteiger partial charge in [0.2, 0.25) is 5.91 Å². The predicted molar refractivity (Wildman–Crippen MR) is 47.0 cm³/mol. The van der Waals surface area contributed by atoms with E-state index in [0.29, 0.717) is 13.0 Å². The normalized spacial score (nSPS) is 27.1. The lowest BCUT2D eigenvalue weighted by atomic mass is 10.1. The highest BCUT2D eigenvalue weighted by Gasteiger charge is 2.29. The Hall–Kier alpha value is -1.06. The van der Waals surface area contributed by atoms with Crippen LogP contribution in [0.15, 0.2) is 0 Å². The minimum Gasteiger partial charge on any atom is -0.466 e. The topological polar surface area (TPSA) is 55.4 Å². The van der Waals surface area contributed by atoms with Gasteiger partial charge in [0.15, 0.2) is 0 Å². The first-order valence-electron chi connectivity index (χ1n) is 4.59. The van der Waals surface area contributed by atoms with Crippen molar-refractivity contribution in [1.29, 1.82) is 0 Å². The third kappa shape index (κ3) is 2.72. The molecule has 0 bridgehead atoms. The Labute approximate surface area is 77.6 Å². The molecule has 0 aliphatic carbocycles. The zero-order chi connectivity index (χ0) is 9.84. The summed E-state index contributed by atoms with van der Waals surface area (Å²) < 4.78 is 4.78. The Morgan fingerprint density at radius 2 is 2.38 bits per heavy atom. The molecule has 1 fully saturated rings. The summed E-state index contributed by atoms with van der Waals surface area (Å²) in [6.07, 6.45) is 1.03. The van der Waals surface area contributed by atoms with Crippen LogP contribution in [0.5, 0.6) is 0 Å². The van der Waals surface area contributed by atoms with Crippen LogP contribution in [0.1, 0.15) is 26.7 Å². The minimum absolute atomic E-state index is 0.0263. The van der Waals surface area contributed by atoms with Crippen LogP contribution in [0.4, 0.5) is 0 Å². The van der Waals surface area contributed by atoms with Crippen molar-refractivity contribution in [3.63, 3.8) is 0 Å². The number of carbonyl (C=O) groups excluding carboxylic acids is 2. The fourth-order valence-electron chi connectivity index (χ4n) is 1.49. The van der Waals surface area contributed by atoms with Gasteiger partial charge in [-0.1, -0.05) is 6.92 Å². The minimum atomic E-state index is -0.234. The van der Waals surface area contributed by atoms with Crippen LogP contribution >= 0.6 is 0 Å².